The molecule has 0 amide bonds. The van der Waals surface area contributed by atoms with Crippen molar-refractivity contribution >= 4 is 22.4 Å². The van der Waals surface area contributed by atoms with Gasteiger partial charge in [-0.2, -0.15) is 0 Å². The number of aromatic nitrogens is 2. The number of piperidine rings is 1. The molecule has 28 heavy (non-hydrogen) atoms. The molecular weight excluding hydrogens is 350 g/mol. The Labute approximate surface area is 164 Å². The standard InChI is InChI=1S/C22H23N5O/c1-2-15-5-3-7-17(11-15)26-22-21-16(6-4-8-19(21)24-14-25-22)12-27-10-9-18(23)20(28)13-27/h1,3-8,11,14,18,20,28H,9-10,12-13,23H2,(H,24,25,26)/t18-,20+/m1/s1. The number of nitrogens with one attached hydrogen (secondary N) is 1. The molecule has 4 N–H and O–H groups in total. The molecule has 0 unspecified atom stereocenters. The van der Waals surface area contributed by atoms with Gasteiger partial charge in [0.2, 0.25) is 0 Å². The normalized spacial score (nSPS) is 20.0. The number of aliphatic hydroxyl groups is 1. The molecule has 0 saturated carbocycles. The summed E-state index contributed by atoms with van der Waals surface area (Å²) in [6.07, 6.45) is 7.36. The highest BCUT2D eigenvalue weighted by Crippen LogP contribution is 2.28. The molecule has 0 radical (unpaired) electrons. The number of nitrogens with two attached hydrogens (primary N) is 1. The lowest BCUT2D eigenvalue weighted by molar-refractivity contribution is 0.0501. The minimum absolute atomic E-state index is 0.146. The minimum atomic E-state index is -0.496. The SMILES string of the molecule is C#Cc1cccc(Nc2ncnc3cccc(CN4CC[C@@H](N)[C@@H](O)C4)c23)c1. The summed E-state index contributed by atoms with van der Waals surface area (Å²) >= 11 is 0. The monoisotopic (exact) mass is 373 g/mol. The predicted molar refractivity (Wildman–Crippen MR) is 111 cm³/mol. The number of hydrogen-bond donors (Lipinski definition) is 3. The molecule has 1 aliphatic rings. The molecule has 2 atom stereocenters. The predicted octanol–water partition coefficient (Wildman–Crippen LogP) is 2.25. The van der Waals surface area contributed by atoms with Crippen LogP contribution in [0, 0.1) is 12.3 Å². The molecule has 1 fully saturated rings. The Bertz CT molecular complexity index is 1020. The summed E-state index contributed by atoms with van der Waals surface area (Å²) in [5, 5.41) is 14.5. The molecule has 6 heteroatoms. The number of hydrogen-bond acceptors (Lipinski definition) is 6. The first-order chi connectivity index (χ1) is 13.6. The van der Waals surface area contributed by atoms with E-state index in [2.05, 4.69) is 32.2 Å². The third-order valence-electron chi connectivity index (χ3n) is 5.15. The fraction of sp³-hybridized carbons (Fsp3) is 0.273. The van der Waals surface area contributed by atoms with Crippen LogP contribution in [0.15, 0.2) is 48.8 Å². The van der Waals surface area contributed by atoms with Gasteiger partial charge in [0.15, 0.2) is 0 Å². The van der Waals surface area contributed by atoms with Crippen LogP contribution in [-0.4, -0.2) is 45.2 Å². The fourth-order valence-electron chi connectivity index (χ4n) is 3.63. The molecule has 2 aromatic carbocycles. The quantitative estimate of drug-likeness (QED) is 0.608. The topological polar surface area (TPSA) is 87.3 Å². The maximum atomic E-state index is 10.1. The summed E-state index contributed by atoms with van der Waals surface area (Å²) in [6.45, 7) is 2.13. The van der Waals surface area contributed by atoms with Crippen molar-refractivity contribution in [3.05, 3.63) is 59.9 Å². The van der Waals surface area contributed by atoms with Gasteiger partial charge in [0.05, 0.1) is 11.6 Å². The number of nitrogens with zero attached hydrogens (tertiary/aromatic N) is 3. The Kier molecular flexibility index (Phi) is 5.22. The van der Waals surface area contributed by atoms with Crippen LogP contribution in [0.5, 0.6) is 0 Å². The van der Waals surface area contributed by atoms with E-state index < -0.39 is 6.10 Å². The van der Waals surface area contributed by atoms with Crippen LogP contribution in [0.1, 0.15) is 17.5 Å². The summed E-state index contributed by atoms with van der Waals surface area (Å²) in [5.74, 6) is 3.39. The third-order valence-corrected chi connectivity index (χ3v) is 5.15. The van der Waals surface area contributed by atoms with E-state index >= 15 is 0 Å². The van der Waals surface area contributed by atoms with Crippen LogP contribution in [0.4, 0.5) is 11.5 Å². The van der Waals surface area contributed by atoms with Crippen LogP contribution in [0.2, 0.25) is 0 Å². The van der Waals surface area contributed by atoms with Gasteiger partial charge in [0, 0.05) is 42.3 Å². The van der Waals surface area contributed by atoms with Gasteiger partial charge >= 0.3 is 0 Å². The molecule has 6 nitrogen and oxygen atoms in total. The van der Waals surface area contributed by atoms with Gasteiger partial charge < -0.3 is 16.2 Å². The van der Waals surface area contributed by atoms with Crippen LogP contribution in [-0.2, 0) is 6.54 Å². The van der Waals surface area contributed by atoms with Gasteiger partial charge in [0.25, 0.3) is 0 Å². The number of aliphatic hydroxyl groups excluding tert-OH is 1. The highest BCUT2D eigenvalue weighted by Gasteiger charge is 2.25. The Hall–Kier alpha value is -2.98. The molecule has 0 aliphatic carbocycles. The maximum absolute atomic E-state index is 10.1. The number of terminal acetylenes is 1. The van der Waals surface area contributed by atoms with Crippen LogP contribution < -0.4 is 11.1 Å². The van der Waals surface area contributed by atoms with Crippen molar-refractivity contribution in [1.82, 2.24) is 14.9 Å². The largest absolute Gasteiger partial charge is 0.390 e. The molecule has 0 bridgehead atoms. The second-order valence-electron chi connectivity index (χ2n) is 7.14. The Balaban J connectivity index is 1.67. The van der Waals surface area contributed by atoms with E-state index in [1.54, 1.807) is 6.33 Å². The van der Waals surface area contributed by atoms with Crippen LogP contribution in [0.3, 0.4) is 0 Å². The van der Waals surface area contributed by atoms with Crippen molar-refractivity contribution in [2.24, 2.45) is 5.73 Å². The molecule has 0 spiro atoms. The van der Waals surface area contributed by atoms with Crippen molar-refractivity contribution in [1.29, 1.82) is 0 Å². The zero-order chi connectivity index (χ0) is 19.5. The zero-order valence-electron chi connectivity index (χ0n) is 15.5. The van der Waals surface area contributed by atoms with E-state index in [-0.39, 0.29) is 6.04 Å². The number of rotatable bonds is 4. The van der Waals surface area contributed by atoms with Gasteiger partial charge in [-0.3, -0.25) is 4.90 Å². The van der Waals surface area contributed by atoms with Gasteiger partial charge in [-0.15, -0.1) is 6.42 Å². The zero-order valence-corrected chi connectivity index (χ0v) is 15.5. The lowest BCUT2D eigenvalue weighted by Crippen LogP contribution is -2.50. The van der Waals surface area contributed by atoms with Crippen molar-refractivity contribution in [2.45, 2.75) is 25.1 Å². The summed E-state index contributed by atoms with van der Waals surface area (Å²) in [7, 11) is 0. The smallest absolute Gasteiger partial charge is 0.142 e. The van der Waals surface area contributed by atoms with Crippen molar-refractivity contribution in [3.8, 4) is 12.3 Å². The molecule has 1 aromatic heterocycles. The Morgan fingerprint density at radius 3 is 2.93 bits per heavy atom. The third kappa shape index (κ3) is 3.82. The lowest BCUT2D eigenvalue weighted by Gasteiger charge is -2.34. The Morgan fingerprint density at radius 1 is 1.25 bits per heavy atom. The summed E-state index contributed by atoms with van der Waals surface area (Å²) in [6, 6.07) is 13.6. The lowest BCUT2D eigenvalue weighted by atomic mass is 10.0. The van der Waals surface area contributed by atoms with E-state index in [1.165, 1.54) is 0 Å². The van der Waals surface area contributed by atoms with Gasteiger partial charge in [0.1, 0.15) is 12.1 Å². The van der Waals surface area contributed by atoms with Crippen molar-refractivity contribution < 1.29 is 5.11 Å². The number of likely N-dealkylation sites (tertiary alicyclic amines) is 1. The fourth-order valence-corrected chi connectivity index (χ4v) is 3.63. The number of benzene rings is 2. The van der Waals surface area contributed by atoms with Gasteiger partial charge in [-0.05, 0) is 36.2 Å². The van der Waals surface area contributed by atoms with Crippen LogP contribution >= 0.6 is 0 Å². The molecule has 2 heterocycles. The highest BCUT2D eigenvalue weighted by atomic mass is 16.3. The van der Waals surface area contributed by atoms with Gasteiger partial charge in [-0.25, -0.2) is 9.97 Å². The second kappa shape index (κ2) is 7.95. The maximum Gasteiger partial charge on any atom is 0.142 e. The highest BCUT2D eigenvalue weighted by molar-refractivity contribution is 5.93. The number of anilines is 2. The summed E-state index contributed by atoms with van der Waals surface area (Å²) in [5.41, 5.74) is 9.60. The molecule has 3 aromatic rings. The molecule has 1 saturated heterocycles. The van der Waals surface area contributed by atoms with Crippen molar-refractivity contribution in [2.75, 3.05) is 18.4 Å². The number of fused-ring (bicyclic) bond motifs is 1. The summed E-state index contributed by atoms with van der Waals surface area (Å²) < 4.78 is 0. The second-order valence-corrected chi connectivity index (χ2v) is 7.14. The molecule has 4 rings (SSSR count). The first-order valence-electron chi connectivity index (χ1n) is 9.36. The van der Waals surface area contributed by atoms with E-state index in [0.29, 0.717) is 13.1 Å². The first-order valence-corrected chi connectivity index (χ1v) is 9.36. The average molecular weight is 373 g/mol. The molecular formula is C22H23N5O. The first kappa shape index (κ1) is 18.4. The minimum Gasteiger partial charge on any atom is -0.390 e. The van der Waals surface area contributed by atoms with Crippen molar-refractivity contribution in [3.63, 3.8) is 0 Å². The number of β-amino-alcohol motifs (C(OH)–C–C–N with tert-alkyl or cyclic N) is 1. The van der Waals surface area contributed by atoms with E-state index in [1.807, 2.05) is 36.4 Å². The van der Waals surface area contributed by atoms with Gasteiger partial charge in [-0.1, -0.05) is 24.1 Å². The van der Waals surface area contributed by atoms with E-state index in [0.717, 1.165) is 46.5 Å². The average Bonchev–Trinajstić information content (AvgIpc) is 2.71. The van der Waals surface area contributed by atoms with E-state index in [9.17, 15) is 5.11 Å². The van der Waals surface area contributed by atoms with Crippen LogP contribution in [0.25, 0.3) is 10.9 Å². The molecule has 142 valence electrons. The Morgan fingerprint density at radius 2 is 2.11 bits per heavy atom. The molecule has 1 aliphatic heterocycles. The van der Waals surface area contributed by atoms with E-state index in [4.69, 9.17) is 12.2 Å². The summed E-state index contributed by atoms with van der Waals surface area (Å²) in [4.78, 5) is 11.1.